The summed E-state index contributed by atoms with van der Waals surface area (Å²) in [5.74, 6) is -4.44. The Morgan fingerprint density at radius 1 is 0.943 bits per heavy atom. The lowest BCUT2D eigenvalue weighted by molar-refractivity contribution is -0.117. The zero-order valence-corrected chi connectivity index (χ0v) is 21.3. The second-order valence-corrected chi connectivity index (χ2v) is 10.7. The van der Waals surface area contributed by atoms with Gasteiger partial charge in [0.2, 0.25) is 5.91 Å². The van der Waals surface area contributed by atoms with Gasteiger partial charge in [0.1, 0.15) is 10.2 Å². The molecule has 0 radical (unpaired) electrons. The van der Waals surface area contributed by atoms with Crippen molar-refractivity contribution >= 4 is 81.1 Å². The Morgan fingerprint density at radius 3 is 2.31 bits per heavy atom. The number of nitrogens with two attached hydrogens (primary N) is 1. The maximum atomic E-state index is 14.2. The highest BCUT2D eigenvalue weighted by Crippen LogP contribution is 2.65. The zero-order chi connectivity index (χ0) is 25.7. The minimum atomic E-state index is -1.38. The minimum absolute atomic E-state index is 0.0365. The van der Waals surface area contributed by atoms with Gasteiger partial charge in [-0.2, -0.15) is 0 Å². The highest BCUT2D eigenvalue weighted by atomic mass is 35.5. The number of nitrogens with one attached hydrogen (secondary N) is 1. The van der Waals surface area contributed by atoms with Gasteiger partial charge in [-0.25, -0.2) is 8.78 Å². The molecule has 3 N–H and O–H groups in total. The molecule has 0 aromatic heterocycles. The third-order valence-electron chi connectivity index (χ3n) is 5.73. The molecule has 1 saturated carbocycles. The van der Waals surface area contributed by atoms with Crippen molar-refractivity contribution in [3.05, 3.63) is 91.9 Å². The molecule has 1 amide bonds. The maximum absolute atomic E-state index is 14.2. The lowest BCUT2D eigenvalue weighted by Crippen LogP contribution is -2.17. The Balaban J connectivity index is 1.53. The number of ketones is 1. The van der Waals surface area contributed by atoms with Gasteiger partial charge >= 0.3 is 0 Å². The molecule has 0 bridgehead atoms. The topological polar surface area (TPSA) is 72.2 Å². The summed E-state index contributed by atoms with van der Waals surface area (Å²) >= 11 is 30.9. The molecule has 1 fully saturated rings. The average Bonchev–Trinajstić information content (AvgIpc) is 3.39. The number of carbonyl (C=O) groups is 2. The van der Waals surface area contributed by atoms with Crippen molar-refractivity contribution in [1.82, 2.24) is 0 Å². The van der Waals surface area contributed by atoms with Gasteiger partial charge in [-0.1, -0.05) is 40.9 Å². The van der Waals surface area contributed by atoms with Gasteiger partial charge in [0.25, 0.3) is 0 Å². The summed E-state index contributed by atoms with van der Waals surface area (Å²) in [6, 6.07) is 11.1. The molecule has 4 rings (SSSR count). The number of benzene rings is 3. The fourth-order valence-corrected chi connectivity index (χ4v) is 5.20. The molecule has 4 nitrogen and oxygen atoms in total. The monoisotopic (exact) mass is 576 g/mol. The first-order valence-corrected chi connectivity index (χ1v) is 12.0. The highest BCUT2D eigenvalue weighted by Gasteiger charge is 2.67. The molecule has 11 heteroatoms. The van der Waals surface area contributed by atoms with E-state index in [4.69, 9.17) is 63.7 Å². The van der Waals surface area contributed by atoms with Crippen molar-refractivity contribution < 1.29 is 18.4 Å². The molecule has 3 aromatic rings. The van der Waals surface area contributed by atoms with Crippen molar-refractivity contribution in [2.75, 3.05) is 11.1 Å². The second-order valence-electron chi connectivity index (χ2n) is 8.02. The van der Waals surface area contributed by atoms with E-state index < -0.39 is 51.5 Å². The fraction of sp³-hybridized carbons (Fsp3) is 0.167. The molecule has 0 saturated heterocycles. The van der Waals surface area contributed by atoms with Gasteiger partial charge in [0.15, 0.2) is 11.6 Å². The first kappa shape index (κ1) is 26.0. The summed E-state index contributed by atoms with van der Waals surface area (Å²) in [6.45, 7) is 0. The predicted octanol–water partition coefficient (Wildman–Crippen LogP) is 7.46. The number of carbonyl (C=O) groups excluding carboxylic acids is 2. The summed E-state index contributed by atoms with van der Waals surface area (Å²) < 4.78 is 26.9. The molecule has 1 aliphatic rings. The van der Waals surface area contributed by atoms with Crippen molar-refractivity contribution in [2.45, 2.75) is 16.7 Å². The van der Waals surface area contributed by atoms with Gasteiger partial charge < -0.3 is 11.1 Å². The molecular formula is C24H15Cl5F2N2O2. The number of anilines is 2. The van der Waals surface area contributed by atoms with Crippen LogP contribution in [-0.2, 0) is 11.2 Å². The Kier molecular flexibility index (Phi) is 7.24. The maximum Gasteiger partial charge on any atom is 0.231 e. The smallest absolute Gasteiger partial charge is 0.231 e. The van der Waals surface area contributed by atoms with Crippen LogP contribution in [0.15, 0.2) is 48.5 Å². The van der Waals surface area contributed by atoms with Gasteiger partial charge in [-0.05, 0) is 48.0 Å². The fourth-order valence-electron chi connectivity index (χ4n) is 3.84. The van der Waals surface area contributed by atoms with E-state index in [0.29, 0.717) is 15.6 Å². The van der Waals surface area contributed by atoms with Crippen LogP contribution in [0, 0.1) is 17.6 Å². The summed E-state index contributed by atoms with van der Waals surface area (Å²) in [7, 11) is 0. The number of alkyl halides is 2. The van der Waals surface area contributed by atoms with Crippen LogP contribution in [0.3, 0.4) is 0 Å². The van der Waals surface area contributed by atoms with Crippen molar-refractivity contribution in [2.24, 2.45) is 5.92 Å². The largest absolute Gasteiger partial charge is 0.396 e. The van der Waals surface area contributed by atoms with Crippen LogP contribution in [-0.4, -0.2) is 16.0 Å². The van der Waals surface area contributed by atoms with E-state index >= 15 is 0 Å². The van der Waals surface area contributed by atoms with Crippen molar-refractivity contribution in [3.8, 4) is 0 Å². The molecule has 0 heterocycles. The van der Waals surface area contributed by atoms with Crippen LogP contribution in [0.1, 0.15) is 27.4 Å². The van der Waals surface area contributed by atoms with Crippen LogP contribution in [0.25, 0.3) is 0 Å². The van der Waals surface area contributed by atoms with Gasteiger partial charge in [0.05, 0.1) is 26.7 Å². The average molecular weight is 579 g/mol. The van der Waals surface area contributed by atoms with Crippen LogP contribution in [0.4, 0.5) is 20.2 Å². The van der Waals surface area contributed by atoms with Gasteiger partial charge in [0, 0.05) is 29.2 Å². The van der Waals surface area contributed by atoms with E-state index in [1.807, 2.05) is 0 Å². The quantitative estimate of drug-likeness (QED) is 0.181. The Labute approximate surface area is 224 Å². The normalized spacial score (nSPS) is 18.3. The molecule has 1 aliphatic carbocycles. The highest BCUT2D eigenvalue weighted by molar-refractivity contribution is 6.53. The Bertz CT molecular complexity index is 1370. The summed E-state index contributed by atoms with van der Waals surface area (Å²) in [4.78, 5) is 25.7. The number of hydrogen-bond donors (Lipinski definition) is 2. The van der Waals surface area contributed by atoms with Crippen LogP contribution < -0.4 is 11.1 Å². The number of amides is 1. The SMILES string of the molecule is Nc1ccc(F)c(CC(=O)c2cc(NC(=O)[C@H]3[C@H](c4ccc(Cl)c(Cl)c4)C3(Cl)Cl)ccc2Cl)c1F. The third kappa shape index (κ3) is 5.09. The third-order valence-corrected chi connectivity index (χ3v) is 7.74. The molecule has 2 atom stereocenters. The Hall–Kier alpha value is -2.09. The second kappa shape index (κ2) is 9.75. The summed E-state index contributed by atoms with van der Waals surface area (Å²) in [6.07, 6.45) is -0.617. The van der Waals surface area contributed by atoms with Gasteiger partial charge in [-0.15, -0.1) is 23.2 Å². The summed E-state index contributed by atoms with van der Waals surface area (Å²) in [5, 5.41) is 3.35. The predicted molar refractivity (Wildman–Crippen MR) is 136 cm³/mol. The number of hydrogen-bond acceptors (Lipinski definition) is 3. The van der Waals surface area contributed by atoms with E-state index in [9.17, 15) is 18.4 Å². The molecular weight excluding hydrogens is 564 g/mol. The standard InChI is InChI=1S/C24H15Cl5F2N2O2/c25-14-4-2-11(8-12(14)19(34)9-13-17(30)5-6-18(32)22(13)31)33-23(35)21-20(24(21,28)29)10-1-3-15(26)16(27)7-10/h1-8,20-21H,9,32H2,(H,33,35)/t20-,21+/m0/s1. The number of rotatable bonds is 6. The first-order chi connectivity index (χ1) is 16.4. The number of halogens is 7. The molecule has 35 heavy (non-hydrogen) atoms. The number of Topliss-reactive ketones (excluding diaryl/α,β-unsaturated/α-hetero) is 1. The zero-order valence-electron chi connectivity index (χ0n) is 17.5. The van der Waals surface area contributed by atoms with Crippen molar-refractivity contribution in [3.63, 3.8) is 0 Å². The van der Waals surface area contributed by atoms with Gasteiger partial charge in [-0.3, -0.25) is 9.59 Å². The van der Waals surface area contributed by atoms with Crippen LogP contribution in [0.2, 0.25) is 15.1 Å². The molecule has 0 aliphatic heterocycles. The van der Waals surface area contributed by atoms with E-state index in [1.54, 1.807) is 18.2 Å². The van der Waals surface area contributed by atoms with E-state index in [0.717, 1.165) is 12.1 Å². The van der Waals surface area contributed by atoms with E-state index in [-0.39, 0.29) is 22.0 Å². The van der Waals surface area contributed by atoms with E-state index in [1.165, 1.54) is 18.2 Å². The Morgan fingerprint density at radius 2 is 1.63 bits per heavy atom. The molecule has 182 valence electrons. The summed E-state index contributed by atoms with van der Waals surface area (Å²) in [5.41, 5.74) is 5.54. The van der Waals surface area contributed by atoms with Crippen molar-refractivity contribution in [1.29, 1.82) is 0 Å². The molecule has 0 unspecified atom stereocenters. The van der Waals surface area contributed by atoms with E-state index in [2.05, 4.69) is 5.32 Å². The number of nitrogen functional groups attached to an aromatic ring is 1. The molecule has 0 spiro atoms. The lowest BCUT2D eigenvalue weighted by Gasteiger charge is -2.10. The lowest BCUT2D eigenvalue weighted by atomic mass is 10.0. The van der Waals surface area contributed by atoms with Crippen LogP contribution >= 0.6 is 58.0 Å². The van der Waals surface area contributed by atoms with Crippen LogP contribution in [0.5, 0.6) is 0 Å². The minimum Gasteiger partial charge on any atom is -0.396 e. The molecule has 3 aromatic carbocycles. The first-order valence-electron chi connectivity index (χ1n) is 10.1.